The van der Waals surface area contributed by atoms with Gasteiger partial charge in [-0.15, -0.1) is 0 Å². The predicted molar refractivity (Wildman–Crippen MR) is 102 cm³/mol. The van der Waals surface area contributed by atoms with Crippen molar-refractivity contribution in [3.8, 4) is 5.75 Å². The van der Waals surface area contributed by atoms with Gasteiger partial charge in [0.1, 0.15) is 5.75 Å². The van der Waals surface area contributed by atoms with Crippen LogP contribution in [0.2, 0.25) is 0 Å². The molecule has 0 fully saturated rings. The first-order chi connectivity index (χ1) is 11.0. The van der Waals surface area contributed by atoms with Crippen LogP contribution in [0.25, 0.3) is 6.08 Å². The van der Waals surface area contributed by atoms with Gasteiger partial charge >= 0.3 is 0 Å². The number of hydrogen-bond donors (Lipinski definition) is 1. The summed E-state index contributed by atoms with van der Waals surface area (Å²) in [4.78, 5) is 12.1. The first-order valence-corrected chi connectivity index (χ1v) is 8.75. The molecule has 1 N–H and O–H groups in total. The molecule has 0 heterocycles. The first kappa shape index (κ1) is 17.8. The fraction of sp³-hybridized carbons (Fsp3) is 0.167. The van der Waals surface area contributed by atoms with E-state index < -0.39 is 0 Å². The molecule has 0 bridgehead atoms. The van der Waals surface area contributed by atoms with Crippen LogP contribution in [0.15, 0.2) is 51.4 Å². The standard InChI is InChI=1S/C18H17Br2NO2/c1-3-23-17-8-6-14(19)11-13(17)5-9-18(22)21-16-7-4-12(2)10-15(16)20/h4-11H,3H2,1-2H3,(H,21,22)/b9-5+. The Balaban J connectivity index is 2.13. The van der Waals surface area contributed by atoms with Gasteiger partial charge in [-0.2, -0.15) is 0 Å². The van der Waals surface area contributed by atoms with Crippen LogP contribution in [0.3, 0.4) is 0 Å². The van der Waals surface area contributed by atoms with Crippen molar-refractivity contribution in [1.29, 1.82) is 0 Å². The van der Waals surface area contributed by atoms with Crippen molar-refractivity contribution in [3.05, 3.63) is 62.5 Å². The number of halogens is 2. The highest BCUT2D eigenvalue weighted by Crippen LogP contribution is 2.25. The first-order valence-electron chi connectivity index (χ1n) is 7.17. The highest BCUT2D eigenvalue weighted by atomic mass is 79.9. The third-order valence-corrected chi connectivity index (χ3v) is 4.22. The SMILES string of the molecule is CCOc1ccc(Br)cc1/C=C/C(=O)Nc1ccc(C)cc1Br. The topological polar surface area (TPSA) is 38.3 Å². The second kappa shape index (κ2) is 8.31. The van der Waals surface area contributed by atoms with E-state index >= 15 is 0 Å². The van der Waals surface area contributed by atoms with Gasteiger partial charge in [0, 0.05) is 20.6 Å². The molecule has 0 radical (unpaired) electrons. The molecule has 0 aromatic heterocycles. The number of anilines is 1. The minimum atomic E-state index is -0.197. The van der Waals surface area contributed by atoms with Gasteiger partial charge in [-0.1, -0.05) is 22.0 Å². The Labute approximate surface area is 153 Å². The van der Waals surface area contributed by atoms with Crippen molar-refractivity contribution in [2.75, 3.05) is 11.9 Å². The number of carbonyl (C=O) groups excluding carboxylic acids is 1. The second-order valence-corrected chi connectivity index (χ2v) is 6.69. The Bertz CT molecular complexity index is 742. The fourth-order valence-corrected chi connectivity index (χ4v) is 2.97. The quantitative estimate of drug-likeness (QED) is 0.619. The molecule has 0 aliphatic carbocycles. The average Bonchev–Trinajstić information content (AvgIpc) is 2.50. The van der Waals surface area contributed by atoms with Crippen molar-refractivity contribution < 1.29 is 9.53 Å². The van der Waals surface area contributed by atoms with Gasteiger partial charge in [-0.3, -0.25) is 4.79 Å². The normalized spacial score (nSPS) is 10.8. The van der Waals surface area contributed by atoms with Crippen LogP contribution in [-0.2, 0) is 4.79 Å². The molecular formula is C18H17Br2NO2. The molecule has 0 spiro atoms. The van der Waals surface area contributed by atoms with E-state index in [2.05, 4.69) is 37.2 Å². The zero-order valence-electron chi connectivity index (χ0n) is 12.9. The summed E-state index contributed by atoms with van der Waals surface area (Å²) < 4.78 is 7.35. The second-order valence-electron chi connectivity index (χ2n) is 4.92. The van der Waals surface area contributed by atoms with Crippen LogP contribution in [-0.4, -0.2) is 12.5 Å². The fourth-order valence-electron chi connectivity index (χ4n) is 2.00. The number of carbonyl (C=O) groups is 1. The summed E-state index contributed by atoms with van der Waals surface area (Å²) in [6.45, 7) is 4.50. The highest BCUT2D eigenvalue weighted by Gasteiger charge is 2.05. The monoisotopic (exact) mass is 437 g/mol. The zero-order chi connectivity index (χ0) is 16.8. The van der Waals surface area contributed by atoms with Gasteiger partial charge in [0.25, 0.3) is 0 Å². The molecule has 0 atom stereocenters. The molecule has 2 aromatic carbocycles. The van der Waals surface area contributed by atoms with Gasteiger partial charge in [0.15, 0.2) is 0 Å². The maximum Gasteiger partial charge on any atom is 0.248 e. The van der Waals surface area contributed by atoms with Crippen LogP contribution < -0.4 is 10.1 Å². The Morgan fingerprint density at radius 2 is 2.00 bits per heavy atom. The van der Waals surface area contributed by atoms with Crippen molar-refractivity contribution >= 4 is 49.5 Å². The van der Waals surface area contributed by atoms with Crippen LogP contribution >= 0.6 is 31.9 Å². The van der Waals surface area contributed by atoms with E-state index in [0.717, 1.165) is 31.5 Å². The minimum absolute atomic E-state index is 0.197. The number of nitrogens with one attached hydrogen (secondary N) is 1. The molecule has 23 heavy (non-hydrogen) atoms. The Hall–Kier alpha value is -1.59. The van der Waals surface area contributed by atoms with Gasteiger partial charge in [-0.05, 0) is 71.7 Å². The Morgan fingerprint density at radius 1 is 1.22 bits per heavy atom. The number of ether oxygens (including phenoxy) is 1. The van der Waals surface area contributed by atoms with Crippen LogP contribution in [0.4, 0.5) is 5.69 Å². The highest BCUT2D eigenvalue weighted by molar-refractivity contribution is 9.10. The van der Waals surface area contributed by atoms with Crippen molar-refractivity contribution in [3.63, 3.8) is 0 Å². The van der Waals surface area contributed by atoms with E-state index in [1.165, 1.54) is 6.08 Å². The van der Waals surface area contributed by atoms with Crippen molar-refractivity contribution in [2.24, 2.45) is 0 Å². The number of rotatable bonds is 5. The largest absolute Gasteiger partial charge is 0.493 e. The maximum absolute atomic E-state index is 12.1. The Morgan fingerprint density at radius 3 is 2.70 bits per heavy atom. The van der Waals surface area contributed by atoms with Gasteiger partial charge < -0.3 is 10.1 Å². The number of benzene rings is 2. The van der Waals surface area contributed by atoms with Crippen LogP contribution in [0.1, 0.15) is 18.1 Å². The van der Waals surface area contributed by atoms with E-state index in [1.807, 2.05) is 50.2 Å². The Kier molecular flexibility index (Phi) is 6.42. The number of aryl methyl sites for hydroxylation is 1. The molecule has 5 heteroatoms. The molecule has 0 aliphatic heterocycles. The summed E-state index contributed by atoms with van der Waals surface area (Å²) in [6, 6.07) is 11.5. The van der Waals surface area contributed by atoms with E-state index in [4.69, 9.17) is 4.74 Å². The van der Waals surface area contributed by atoms with E-state index in [9.17, 15) is 4.79 Å². The zero-order valence-corrected chi connectivity index (χ0v) is 16.1. The number of hydrogen-bond acceptors (Lipinski definition) is 2. The molecule has 2 rings (SSSR count). The summed E-state index contributed by atoms with van der Waals surface area (Å²) in [7, 11) is 0. The smallest absolute Gasteiger partial charge is 0.248 e. The summed E-state index contributed by atoms with van der Waals surface area (Å²) >= 11 is 6.88. The van der Waals surface area contributed by atoms with Crippen molar-refractivity contribution in [1.82, 2.24) is 0 Å². The summed E-state index contributed by atoms with van der Waals surface area (Å²) in [6.07, 6.45) is 3.24. The van der Waals surface area contributed by atoms with E-state index in [-0.39, 0.29) is 5.91 Å². The minimum Gasteiger partial charge on any atom is -0.493 e. The molecule has 0 saturated carbocycles. The van der Waals surface area contributed by atoms with Gasteiger partial charge in [0.2, 0.25) is 5.91 Å². The maximum atomic E-state index is 12.1. The van der Waals surface area contributed by atoms with Gasteiger partial charge in [-0.25, -0.2) is 0 Å². The molecule has 0 saturated heterocycles. The van der Waals surface area contributed by atoms with Crippen LogP contribution in [0, 0.1) is 6.92 Å². The molecule has 2 aromatic rings. The van der Waals surface area contributed by atoms with Crippen LogP contribution in [0.5, 0.6) is 5.75 Å². The lowest BCUT2D eigenvalue weighted by Gasteiger charge is -2.08. The lowest BCUT2D eigenvalue weighted by molar-refractivity contribution is -0.111. The lowest BCUT2D eigenvalue weighted by Crippen LogP contribution is -2.08. The molecule has 3 nitrogen and oxygen atoms in total. The van der Waals surface area contributed by atoms with E-state index in [1.54, 1.807) is 6.08 Å². The molecular weight excluding hydrogens is 422 g/mol. The third kappa shape index (κ3) is 5.22. The van der Waals surface area contributed by atoms with Gasteiger partial charge in [0.05, 0.1) is 12.3 Å². The molecule has 0 unspecified atom stereocenters. The summed E-state index contributed by atoms with van der Waals surface area (Å²) in [5, 5.41) is 2.85. The third-order valence-electron chi connectivity index (χ3n) is 3.07. The number of amides is 1. The molecule has 1 amide bonds. The van der Waals surface area contributed by atoms with E-state index in [0.29, 0.717) is 6.61 Å². The lowest BCUT2D eigenvalue weighted by atomic mass is 10.2. The summed E-state index contributed by atoms with van der Waals surface area (Å²) in [5.74, 6) is 0.549. The van der Waals surface area contributed by atoms with Crippen molar-refractivity contribution in [2.45, 2.75) is 13.8 Å². The average molecular weight is 439 g/mol. The predicted octanol–water partition coefficient (Wildman–Crippen LogP) is 5.57. The molecule has 0 aliphatic rings. The summed E-state index contributed by atoms with van der Waals surface area (Å²) in [5.41, 5.74) is 2.71. The molecule has 120 valence electrons.